The number of fused-ring (bicyclic) bond motifs is 1. The van der Waals surface area contributed by atoms with Crippen molar-refractivity contribution in [3.8, 4) is 5.82 Å². The van der Waals surface area contributed by atoms with E-state index in [4.69, 9.17) is 4.98 Å². The maximum Gasteiger partial charge on any atom is 0.254 e. The third-order valence-electron chi connectivity index (χ3n) is 6.12. The first-order valence-electron chi connectivity index (χ1n) is 11.2. The van der Waals surface area contributed by atoms with Crippen molar-refractivity contribution >= 4 is 22.8 Å². The topological polar surface area (TPSA) is 79.2 Å². The number of hydrogen-bond donors (Lipinski definition) is 1. The van der Waals surface area contributed by atoms with Crippen LogP contribution in [0.2, 0.25) is 0 Å². The van der Waals surface area contributed by atoms with Crippen LogP contribution in [0.25, 0.3) is 16.9 Å². The minimum Gasteiger partial charge on any atom is -0.362 e. The van der Waals surface area contributed by atoms with Gasteiger partial charge < -0.3 is 15.1 Å². The summed E-state index contributed by atoms with van der Waals surface area (Å²) in [5.41, 5.74) is 3.48. The van der Waals surface area contributed by atoms with E-state index in [0.29, 0.717) is 17.2 Å². The Balaban J connectivity index is 1.37. The van der Waals surface area contributed by atoms with Crippen LogP contribution in [0.1, 0.15) is 28.9 Å². The molecule has 1 atom stereocenters. The largest absolute Gasteiger partial charge is 0.362 e. The summed E-state index contributed by atoms with van der Waals surface area (Å²) in [5.74, 6) is 1.41. The molecule has 2 aromatic carbocycles. The van der Waals surface area contributed by atoms with Crippen molar-refractivity contribution in [2.45, 2.75) is 13.0 Å². The van der Waals surface area contributed by atoms with Crippen LogP contribution < -0.4 is 5.32 Å². The molecule has 168 valence electrons. The second-order valence-corrected chi connectivity index (χ2v) is 8.45. The highest BCUT2D eigenvalue weighted by Gasteiger charge is 2.21. The number of hydrogen-bond acceptors (Lipinski definition) is 6. The molecule has 4 aromatic rings. The van der Waals surface area contributed by atoms with Crippen molar-refractivity contribution in [2.24, 2.45) is 0 Å². The average Bonchev–Trinajstić information content (AvgIpc) is 3.28. The lowest BCUT2D eigenvalue weighted by atomic mass is 10.1. The van der Waals surface area contributed by atoms with Crippen molar-refractivity contribution in [2.75, 3.05) is 38.5 Å². The molecule has 8 heteroatoms. The maximum atomic E-state index is 12.9. The number of benzene rings is 2. The van der Waals surface area contributed by atoms with E-state index in [1.807, 2.05) is 45.9 Å². The molecule has 1 aliphatic rings. The van der Waals surface area contributed by atoms with Gasteiger partial charge in [-0.15, -0.1) is 0 Å². The number of nitrogens with one attached hydrogen (secondary N) is 1. The molecule has 1 saturated heterocycles. The molecular formula is C25H27N7O. The number of rotatable bonds is 5. The number of amides is 1. The van der Waals surface area contributed by atoms with E-state index in [0.717, 1.165) is 37.2 Å². The molecule has 1 fully saturated rings. The molecule has 33 heavy (non-hydrogen) atoms. The van der Waals surface area contributed by atoms with Crippen molar-refractivity contribution < 1.29 is 4.79 Å². The van der Waals surface area contributed by atoms with Crippen LogP contribution in [0.4, 0.5) is 5.82 Å². The van der Waals surface area contributed by atoms with Gasteiger partial charge in [0.2, 0.25) is 0 Å². The van der Waals surface area contributed by atoms with Gasteiger partial charge in [0, 0.05) is 37.8 Å². The van der Waals surface area contributed by atoms with E-state index in [-0.39, 0.29) is 11.9 Å². The summed E-state index contributed by atoms with van der Waals surface area (Å²) in [7, 11) is 2.08. The number of nitrogens with zero attached hydrogens (tertiary/aromatic N) is 6. The van der Waals surface area contributed by atoms with Gasteiger partial charge in [-0.05, 0) is 37.7 Å². The third-order valence-corrected chi connectivity index (χ3v) is 6.12. The monoisotopic (exact) mass is 441 g/mol. The standard InChI is InChI=1S/C25H27N7O/c1-18(19-6-4-3-5-7-19)28-23-15-26-16-24(29-23)32-17-27-21-14-20(8-9-22(21)32)25(33)31-12-10-30(2)11-13-31/h3-9,14-18H,10-13H2,1-2H3,(H,28,29). The zero-order valence-corrected chi connectivity index (χ0v) is 18.8. The lowest BCUT2D eigenvalue weighted by Gasteiger charge is -2.32. The molecule has 0 bridgehead atoms. The van der Waals surface area contributed by atoms with Gasteiger partial charge in [0.1, 0.15) is 12.1 Å². The summed E-state index contributed by atoms with van der Waals surface area (Å²) < 4.78 is 1.89. The molecule has 1 N–H and O–H groups in total. The predicted molar refractivity (Wildman–Crippen MR) is 129 cm³/mol. The Morgan fingerprint density at radius 3 is 2.61 bits per heavy atom. The summed E-state index contributed by atoms with van der Waals surface area (Å²) in [6, 6.07) is 16.0. The minimum absolute atomic E-state index is 0.0560. The van der Waals surface area contributed by atoms with Crippen molar-refractivity contribution in [3.63, 3.8) is 0 Å². The number of piperazine rings is 1. The van der Waals surface area contributed by atoms with E-state index in [9.17, 15) is 4.79 Å². The Hall–Kier alpha value is -3.78. The molecule has 0 aliphatic carbocycles. The zero-order chi connectivity index (χ0) is 22.8. The van der Waals surface area contributed by atoms with Crippen LogP contribution in [0, 0.1) is 0 Å². The number of carbonyl (C=O) groups excluding carboxylic acids is 1. The SMILES string of the molecule is CC(Nc1cncc(-n2cnc3cc(C(=O)N4CCN(C)CC4)ccc32)n1)c1ccccc1. The summed E-state index contributed by atoms with van der Waals surface area (Å²) in [6.45, 7) is 5.38. The first kappa shape index (κ1) is 21.1. The zero-order valence-electron chi connectivity index (χ0n) is 18.8. The highest BCUT2D eigenvalue weighted by atomic mass is 16.2. The molecule has 1 amide bonds. The normalized spacial score (nSPS) is 15.5. The van der Waals surface area contributed by atoms with E-state index in [2.05, 4.69) is 46.3 Å². The van der Waals surface area contributed by atoms with Crippen molar-refractivity contribution in [3.05, 3.63) is 78.4 Å². The lowest BCUT2D eigenvalue weighted by Crippen LogP contribution is -2.47. The van der Waals surface area contributed by atoms with Gasteiger partial charge >= 0.3 is 0 Å². The van der Waals surface area contributed by atoms with Crippen LogP contribution in [-0.2, 0) is 0 Å². The third kappa shape index (κ3) is 4.42. The summed E-state index contributed by atoms with van der Waals surface area (Å²) in [6.07, 6.45) is 5.15. The molecule has 8 nitrogen and oxygen atoms in total. The van der Waals surface area contributed by atoms with Gasteiger partial charge in [-0.1, -0.05) is 30.3 Å². The molecule has 0 spiro atoms. The van der Waals surface area contributed by atoms with Crippen molar-refractivity contribution in [1.29, 1.82) is 0 Å². The van der Waals surface area contributed by atoms with Gasteiger partial charge in [-0.2, -0.15) is 0 Å². The Morgan fingerprint density at radius 1 is 1.03 bits per heavy atom. The fraction of sp³-hybridized carbons (Fsp3) is 0.280. The Morgan fingerprint density at radius 2 is 1.82 bits per heavy atom. The number of aromatic nitrogens is 4. The minimum atomic E-state index is 0.0560. The number of likely N-dealkylation sites (N-methyl/N-ethyl adjacent to an activating group) is 1. The van der Waals surface area contributed by atoms with Crippen molar-refractivity contribution in [1.82, 2.24) is 29.3 Å². The molecular weight excluding hydrogens is 414 g/mol. The smallest absolute Gasteiger partial charge is 0.254 e. The predicted octanol–water partition coefficient (Wildman–Crippen LogP) is 3.38. The van der Waals surface area contributed by atoms with Crippen LogP contribution in [0.3, 0.4) is 0 Å². The molecule has 3 heterocycles. The molecule has 5 rings (SSSR count). The van der Waals surface area contributed by atoms with E-state index in [1.165, 1.54) is 5.56 Å². The number of anilines is 1. The first-order valence-corrected chi connectivity index (χ1v) is 11.2. The van der Waals surface area contributed by atoms with Gasteiger partial charge in [0.25, 0.3) is 5.91 Å². The second kappa shape index (κ2) is 8.99. The number of imidazole rings is 1. The Kier molecular flexibility index (Phi) is 5.75. The van der Waals surface area contributed by atoms with Crippen LogP contribution >= 0.6 is 0 Å². The van der Waals surface area contributed by atoms with Crippen LogP contribution in [0.5, 0.6) is 0 Å². The van der Waals surface area contributed by atoms with E-state index >= 15 is 0 Å². The van der Waals surface area contributed by atoms with Gasteiger partial charge in [-0.25, -0.2) is 9.97 Å². The Bertz CT molecular complexity index is 1260. The van der Waals surface area contributed by atoms with Crippen LogP contribution in [0.15, 0.2) is 67.3 Å². The molecule has 0 saturated carbocycles. The fourth-order valence-corrected chi connectivity index (χ4v) is 4.11. The first-order chi connectivity index (χ1) is 16.1. The fourth-order valence-electron chi connectivity index (χ4n) is 4.11. The number of carbonyl (C=O) groups is 1. The quantitative estimate of drug-likeness (QED) is 0.512. The summed E-state index contributed by atoms with van der Waals surface area (Å²) in [4.78, 5) is 30.7. The average molecular weight is 442 g/mol. The second-order valence-electron chi connectivity index (χ2n) is 8.45. The van der Waals surface area contributed by atoms with E-state index in [1.54, 1.807) is 18.7 Å². The Labute approximate surface area is 192 Å². The molecule has 1 aliphatic heterocycles. The summed E-state index contributed by atoms with van der Waals surface area (Å²) >= 11 is 0. The van der Waals surface area contributed by atoms with Gasteiger partial charge in [0.15, 0.2) is 5.82 Å². The highest BCUT2D eigenvalue weighted by Crippen LogP contribution is 2.22. The lowest BCUT2D eigenvalue weighted by molar-refractivity contribution is 0.0664. The molecule has 1 unspecified atom stereocenters. The molecule has 0 radical (unpaired) electrons. The van der Waals surface area contributed by atoms with Gasteiger partial charge in [-0.3, -0.25) is 14.3 Å². The summed E-state index contributed by atoms with van der Waals surface area (Å²) in [5, 5.41) is 3.41. The van der Waals surface area contributed by atoms with Crippen LogP contribution in [-0.4, -0.2) is 68.5 Å². The molecule has 2 aromatic heterocycles. The maximum absolute atomic E-state index is 12.9. The van der Waals surface area contributed by atoms with Gasteiger partial charge in [0.05, 0.1) is 23.4 Å². The van der Waals surface area contributed by atoms with E-state index < -0.39 is 0 Å². The highest BCUT2D eigenvalue weighted by molar-refractivity contribution is 5.97.